The predicted molar refractivity (Wildman–Crippen MR) is 56.7 cm³/mol. The van der Waals surface area contributed by atoms with Crippen molar-refractivity contribution >= 4 is 21.3 Å². The molecule has 1 aliphatic rings. The fraction of sp³-hybridized carbons (Fsp3) is 1.00. The summed E-state index contributed by atoms with van der Waals surface area (Å²) >= 11 is 0. The van der Waals surface area contributed by atoms with Crippen LogP contribution in [0.25, 0.3) is 0 Å². The average Bonchev–Trinajstić information content (AvgIpc) is 2.14. The second-order valence-electron chi connectivity index (χ2n) is 3.46. The smallest absolute Gasteiger partial charge is 0.472 e. The minimum absolute atomic E-state index is 0.134. The Labute approximate surface area is 86.7 Å². The lowest BCUT2D eigenvalue weighted by Crippen LogP contribution is -3.08. The Balaban J connectivity index is 2.25. The number of rotatable bonds is 4. The molecule has 1 N–H and O–H groups in total. The summed E-state index contributed by atoms with van der Waals surface area (Å²) in [6.07, 6.45) is 3.57. The van der Waals surface area contributed by atoms with E-state index in [0.29, 0.717) is 5.75 Å². The van der Waals surface area contributed by atoms with Crippen molar-refractivity contribution in [2.24, 2.45) is 0 Å². The van der Waals surface area contributed by atoms with E-state index in [4.69, 9.17) is 0 Å². The van der Waals surface area contributed by atoms with E-state index in [0.717, 1.165) is 11.5 Å². The molecular formula is C7H16FNO3S2. The summed E-state index contributed by atoms with van der Waals surface area (Å²) in [5, 5.41) is 10.8. The number of nitrogens with one attached hydrogen (secondary N) is 1. The quantitative estimate of drug-likeness (QED) is 0.408. The molecule has 1 rings (SSSR count). The van der Waals surface area contributed by atoms with Gasteiger partial charge in [0, 0.05) is 5.75 Å². The van der Waals surface area contributed by atoms with Crippen LogP contribution in [-0.4, -0.2) is 32.2 Å². The summed E-state index contributed by atoms with van der Waals surface area (Å²) in [6.45, 7) is -0.134. The summed E-state index contributed by atoms with van der Waals surface area (Å²) in [4.78, 5) is 0. The minimum atomic E-state index is -4.93. The highest BCUT2D eigenvalue weighted by molar-refractivity contribution is 8.17. The van der Waals surface area contributed by atoms with Gasteiger partial charge in [0.25, 0.3) is 0 Å². The van der Waals surface area contributed by atoms with Crippen LogP contribution in [0.5, 0.6) is 0 Å². The number of halogens is 1. The van der Waals surface area contributed by atoms with Gasteiger partial charge in [-0.1, -0.05) is 10.3 Å². The summed E-state index contributed by atoms with van der Waals surface area (Å²) in [6, 6.07) is 0. The lowest BCUT2D eigenvalue weighted by atomic mass is 10.3. The first-order chi connectivity index (χ1) is 6.50. The topological polar surface area (TPSA) is 61.6 Å². The zero-order valence-electron chi connectivity index (χ0n) is 7.91. The van der Waals surface area contributed by atoms with Crippen molar-refractivity contribution in [1.82, 2.24) is 0 Å². The molecule has 0 radical (unpaired) electrons. The average molecular weight is 245 g/mol. The third-order valence-corrected chi connectivity index (χ3v) is 5.85. The summed E-state index contributed by atoms with van der Waals surface area (Å²) < 4.78 is 31.3. The molecule has 7 heteroatoms. The number of hydrogen-bond donors (Lipinski definition) is 2. The maximum absolute atomic E-state index is 12.2. The van der Waals surface area contributed by atoms with Crippen LogP contribution in [-0.2, 0) is 10.4 Å². The first-order valence-corrected chi connectivity index (χ1v) is 7.98. The highest BCUT2D eigenvalue weighted by Crippen LogP contribution is 2.31. The van der Waals surface area contributed by atoms with Gasteiger partial charge < -0.3 is 5.21 Å². The Hall–Kier alpha value is 0.150. The Morgan fingerprint density at radius 3 is 2.36 bits per heavy atom. The maximum atomic E-state index is 12.2. The summed E-state index contributed by atoms with van der Waals surface area (Å²) in [5.41, 5.74) is 0. The third-order valence-electron chi connectivity index (χ3n) is 2.35. The Morgan fingerprint density at radius 1 is 1.29 bits per heavy atom. The van der Waals surface area contributed by atoms with Crippen molar-refractivity contribution in [1.29, 1.82) is 0 Å². The zero-order chi connectivity index (χ0) is 10.6. The Kier molecular flexibility index (Phi) is 4.62. The van der Waals surface area contributed by atoms with Gasteiger partial charge in [-0.25, -0.2) is 15.4 Å². The van der Waals surface area contributed by atoms with E-state index < -0.39 is 14.9 Å². The van der Waals surface area contributed by atoms with Crippen LogP contribution in [0.1, 0.15) is 19.3 Å². The monoisotopic (exact) mass is 245 g/mol. The molecule has 86 valence electrons. The van der Waals surface area contributed by atoms with E-state index in [2.05, 4.69) is 0 Å². The molecule has 0 spiro atoms. The van der Waals surface area contributed by atoms with Gasteiger partial charge in [0.2, 0.25) is 0 Å². The molecular weight excluding hydrogens is 229 g/mol. The van der Waals surface area contributed by atoms with E-state index in [1.165, 1.54) is 19.3 Å². The number of thiol groups is 1. The molecule has 1 atom stereocenters. The SMILES string of the molecule is O=S(=O)(F)[NH+]([O-])CC[SH]1CCCCC1. The van der Waals surface area contributed by atoms with Crippen molar-refractivity contribution < 1.29 is 16.8 Å². The van der Waals surface area contributed by atoms with Crippen LogP contribution in [0.2, 0.25) is 0 Å². The van der Waals surface area contributed by atoms with E-state index in [9.17, 15) is 17.5 Å². The maximum Gasteiger partial charge on any atom is 0.472 e. The molecule has 0 aliphatic carbocycles. The minimum Gasteiger partial charge on any atom is -0.616 e. The van der Waals surface area contributed by atoms with Crippen molar-refractivity contribution in [2.75, 3.05) is 23.8 Å². The van der Waals surface area contributed by atoms with Crippen molar-refractivity contribution in [3.05, 3.63) is 5.21 Å². The van der Waals surface area contributed by atoms with Gasteiger partial charge in [-0.05, 0) is 24.3 Å². The number of hydroxylamine groups is 1. The highest BCUT2D eigenvalue weighted by Gasteiger charge is 2.18. The lowest BCUT2D eigenvalue weighted by Gasteiger charge is -2.27. The standard InChI is InChI=1S/C7H16FNO3S2/c8-14(11,12)9(10)4-7-13-5-2-1-3-6-13/h9,13H,1-7H2. The molecule has 14 heavy (non-hydrogen) atoms. The second-order valence-corrected chi connectivity index (χ2v) is 7.48. The molecule has 1 heterocycles. The molecule has 1 saturated heterocycles. The summed E-state index contributed by atoms with van der Waals surface area (Å²) in [5.74, 6) is 2.79. The Morgan fingerprint density at radius 2 is 1.86 bits per heavy atom. The normalized spacial score (nSPS) is 23.4. The molecule has 1 unspecified atom stereocenters. The molecule has 0 aromatic heterocycles. The molecule has 0 aromatic rings. The van der Waals surface area contributed by atoms with Crippen LogP contribution < -0.4 is 4.47 Å². The zero-order valence-corrected chi connectivity index (χ0v) is 9.62. The van der Waals surface area contributed by atoms with E-state index in [1.54, 1.807) is 0 Å². The molecule has 0 amide bonds. The Bertz CT molecular complexity index is 264. The van der Waals surface area contributed by atoms with Gasteiger partial charge in [0.1, 0.15) is 6.54 Å². The largest absolute Gasteiger partial charge is 0.616 e. The second kappa shape index (κ2) is 5.29. The van der Waals surface area contributed by atoms with Crippen molar-refractivity contribution in [3.8, 4) is 0 Å². The predicted octanol–water partition coefficient (Wildman–Crippen LogP) is -0.232. The fourth-order valence-electron chi connectivity index (χ4n) is 1.55. The lowest BCUT2D eigenvalue weighted by molar-refractivity contribution is -0.707. The molecule has 0 aromatic carbocycles. The fourth-order valence-corrected chi connectivity index (χ4v) is 4.58. The summed E-state index contributed by atoms with van der Waals surface area (Å²) in [7, 11) is -5.14. The van der Waals surface area contributed by atoms with Crippen LogP contribution >= 0.6 is 10.9 Å². The molecule has 1 fully saturated rings. The van der Waals surface area contributed by atoms with E-state index in [1.807, 2.05) is 0 Å². The first kappa shape index (κ1) is 12.2. The van der Waals surface area contributed by atoms with E-state index in [-0.39, 0.29) is 17.4 Å². The molecule has 0 saturated carbocycles. The van der Waals surface area contributed by atoms with Gasteiger partial charge in [-0.15, -0.1) is 8.42 Å². The number of hydrogen-bond acceptors (Lipinski definition) is 3. The first-order valence-electron chi connectivity index (χ1n) is 4.70. The van der Waals surface area contributed by atoms with Gasteiger partial charge in [0.05, 0.1) is 0 Å². The van der Waals surface area contributed by atoms with Crippen molar-refractivity contribution in [3.63, 3.8) is 0 Å². The molecule has 1 aliphatic heterocycles. The van der Waals surface area contributed by atoms with Crippen molar-refractivity contribution in [2.45, 2.75) is 19.3 Å². The van der Waals surface area contributed by atoms with Crippen LogP contribution in [0, 0.1) is 5.21 Å². The van der Waals surface area contributed by atoms with Gasteiger partial charge in [0.15, 0.2) is 0 Å². The van der Waals surface area contributed by atoms with Gasteiger partial charge >= 0.3 is 10.4 Å². The van der Waals surface area contributed by atoms with Crippen LogP contribution in [0.3, 0.4) is 0 Å². The molecule has 4 nitrogen and oxygen atoms in total. The van der Waals surface area contributed by atoms with Crippen LogP contribution in [0.15, 0.2) is 0 Å². The van der Waals surface area contributed by atoms with Crippen LogP contribution in [0.4, 0.5) is 3.89 Å². The molecule has 0 bridgehead atoms. The highest BCUT2D eigenvalue weighted by atomic mass is 32.3. The third kappa shape index (κ3) is 4.12. The number of quaternary nitrogens is 1. The van der Waals surface area contributed by atoms with Gasteiger partial charge in [-0.2, -0.15) is 0 Å². The van der Waals surface area contributed by atoms with Gasteiger partial charge in [-0.3, -0.25) is 0 Å². The van der Waals surface area contributed by atoms with E-state index >= 15 is 0 Å².